The Morgan fingerprint density at radius 3 is 1.86 bits per heavy atom. The molecule has 0 saturated carbocycles. The van der Waals surface area contributed by atoms with Gasteiger partial charge in [0.2, 0.25) is 0 Å². The Balaban J connectivity index is 1.16. The third-order valence-corrected chi connectivity index (χ3v) is 9.02. The molecule has 1 fully saturated rings. The molecule has 0 bridgehead atoms. The summed E-state index contributed by atoms with van der Waals surface area (Å²) in [6, 6.07) is 55.5. The highest BCUT2D eigenvalue weighted by molar-refractivity contribution is 6.10. The van der Waals surface area contributed by atoms with Gasteiger partial charge in [0.05, 0.1) is 11.0 Å². The number of nitrogens with zero attached hydrogens (tertiary/aromatic N) is 2. The van der Waals surface area contributed by atoms with Crippen LogP contribution in [0, 0.1) is 0 Å². The summed E-state index contributed by atoms with van der Waals surface area (Å²) >= 11 is 0. The number of anilines is 3. The molecule has 2 heterocycles. The predicted molar refractivity (Wildman–Crippen MR) is 185 cm³/mol. The van der Waals surface area contributed by atoms with Gasteiger partial charge in [-0.25, -0.2) is 0 Å². The van der Waals surface area contributed by atoms with Gasteiger partial charge in [-0.1, -0.05) is 91.3 Å². The molecule has 0 amide bonds. The van der Waals surface area contributed by atoms with Crippen molar-refractivity contribution in [2.45, 2.75) is 25.3 Å². The highest BCUT2D eigenvalue weighted by Crippen LogP contribution is 2.38. The zero-order valence-corrected chi connectivity index (χ0v) is 24.7. The maximum atomic E-state index is 3.68. The van der Waals surface area contributed by atoms with Crippen LogP contribution < -0.4 is 10.2 Å². The summed E-state index contributed by atoms with van der Waals surface area (Å²) in [7, 11) is 0. The van der Waals surface area contributed by atoms with Crippen molar-refractivity contribution < 1.29 is 0 Å². The van der Waals surface area contributed by atoms with Gasteiger partial charge in [-0.05, 0) is 103 Å². The topological polar surface area (TPSA) is 20.2 Å². The van der Waals surface area contributed by atoms with Crippen molar-refractivity contribution in [3.05, 3.63) is 157 Å². The molecule has 214 valence electrons. The lowest BCUT2D eigenvalue weighted by Gasteiger charge is -2.27. The van der Waals surface area contributed by atoms with Crippen LogP contribution in [0.4, 0.5) is 17.1 Å². The minimum atomic E-state index is 0.460. The molecular formula is C41H35N3. The summed E-state index contributed by atoms with van der Waals surface area (Å²) in [5.41, 5.74) is 10.9. The first-order valence-corrected chi connectivity index (χ1v) is 15.7. The van der Waals surface area contributed by atoms with Crippen LogP contribution in [0.1, 0.15) is 30.9 Å². The van der Waals surface area contributed by atoms with Gasteiger partial charge >= 0.3 is 0 Å². The zero-order valence-electron chi connectivity index (χ0n) is 24.7. The van der Waals surface area contributed by atoms with Crippen molar-refractivity contribution in [3.8, 4) is 16.8 Å². The van der Waals surface area contributed by atoms with Gasteiger partial charge in [-0.2, -0.15) is 0 Å². The number of fused-ring (bicyclic) bond motifs is 3. The average Bonchev–Trinajstić information content (AvgIpc) is 3.44. The molecule has 8 rings (SSSR count). The number of nitrogens with one attached hydrogen (secondary N) is 1. The number of hydrogen-bond acceptors (Lipinski definition) is 2. The first-order valence-electron chi connectivity index (χ1n) is 15.7. The van der Waals surface area contributed by atoms with E-state index in [2.05, 4.69) is 166 Å². The minimum Gasteiger partial charge on any atom is -0.311 e. The van der Waals surface area contributed by atoms with Crippen molar-refractivity contribution in [1.29, 1.82) is 0 Å². The SMILES string of the molecule is c1ccc(N(c2ccc(-c3ccc4c(c3)c3ccccc3n4-c3ccccc3)cc2)c2ccc(C3CCCCN3)cc2)cc1. The summed E-state index contributed by atoms with van der Waals surface area (Å²) in [4.78, 5) is 2.35. The summed E-state index contributed by atoms with van der Waals surface area (Å²) in [6.45, 7) is 1.11. The van der Waals surface area contributed by atoms with E-state index in [-0.39, 0.29) is 0 Å². The molecule has 1 aliphatic rings. The smallest absolute Gasteiger partial charge is 0.0541 e. The van der Waals surface area contributed by atoms with E-state index >= 15 is 0 Å². The lowest BCUT2D eigenvalue weighted by atomic mass is 9.97. The second-order valence-corrected chi connectivity index (χ2v) is 11.7. The fourth-order valence-electron chi connectivity index (χ4n) is 6.83. The van der Waals surface area contributed by atoms with Crippen molar-refractivity contribution in [1.82, 2.24) is 9.88 Å². The van der Waals surface area contributed by atoms with E-state index < -0.39 is 0 Å². The minimum absolute atomic E-state index is 0.460. The molecule has 0 spiro atoms. The summed E-state index contributed by atoms with van der Waals surface area (Å²) in [5, 5.41) is 6.22. The standard InChI is InChI=1S/C41H35N3/c1-3-11-33(12-4-1)43(36-25-20-31(21-26-36)39-16-9-10-28-42-39)35-23-18-30(19-24-35)32-22-27-41-38(29-32)37-15-7-8-17-40(37)44(41)34-13-5-2-6-14-34/h1-8,11-15,17-27,29,39,42H,9-10,16,28H2. The maximum Gasteiger partial charge on any atom is 0.0541 e. The molecule has 3 nitrogen and oxygen atoms in total. The van der Waals surface area contributed by atoms with E-state index in [1.54, 1.807) is 0 Å². The molecule has 44 heavy (non-hydrogen) atoms. The maximum absolute atomic E-state index is 3.68. The van der Waals surface area contributed by atoms with Crippen LogP contribution in [0.2, 0.25) is 0 Å². The molecule has 3 heteroatoms. The molecule has 6 aromatic carbocycles. The van der Waals surface area contributed by atoms with Crippen LogP contribution in [0.15, 0.2) is 152 Å². The lowest BCUT2D eigenvalue weighted by Crippen LogP contribution is -2.26. The van der Waals surface area contributed by atoms with Gasteiger partial charge in [0.15, 0.2) is 0 Å². The number of piperidine rings is 1. The van der Waals surface area contributed by atoms with E-state index in [9.17, 15) is 0 Å². The number of rotatable bonds is 6. The molecule has 7 aromatic rings. The number of para-hydroxylation sites is 3. The average molecular weight is 570 g/mol. The molecule has 1 atom stereocenters. The fourth-order valence-corrected chi connectivity index (χ4v) is 6.83. The third-order valence-electron chi connectivity index (χ3n) is 9.02. The number of aromatic nitrogens is 1. The van der Waals surface area contributed by atoms with E-state index in [1.807, 2.05) is 0 Å². The highest BCUT2D eigenvalue weighted by atomic mass is 15.1. The summed E-state index contributed by atoms with van der Waals surface area (Å²) < 4.78 is 2.37. The molecule has 1 saturated heterocycles. The Morgan fingerprint density at radius 1 is 0.523 bits per heavy atom. The predicted octanol–water partition coefficient (Wildman–Crippen LogP) is 10.7. The van der Waals surface area contributed by atoms with E-state index in [0.29, 0.717) is 6.04 Å². The van der Waals surface area contributed by atoms with Crippen LogP contribution in [-0.2, 0) is 0 Å². The Kier molecular flexibility index (Phi) is 6.94. The molecule has 0 aliphatic carbocycles. The third kappa shape index (κ3) is 4.86. The van der Waals surface area contributed by atoms with Gasteiger partial charge in [0.1, 0.15) is 0 Å². The normalized spacial score (nSPS) is 15.0. The van der Waals surface area contributed by atoms with Crippen LogP contribution in [0.5, 0.6) is 0 Å². The van der Waals surface area contributed by atoms with Crippen LogP contribution in [0.3, 0.4) is 0 Å². The molecule has 1 unspecified atom stereocenters. The fraction of sp³-hybridized carbons (Fsp3) is 0.122. The Hall–Kier alpha value is -5.12. The largest absolute Gasteiger partial charge is 0.311 e. The first-order chi connectivity index (χ1) is 21.8. The van der Waals surface area contributed by atoms with Crippen molar-refractivity contribution in [2.75, 3.05) is 11.4 Å². The van der Waals surface area contributed by atoms with E-state index in [4.69, 9.17) is 0 Å². The number of hydrogen-bond donors (Lipinski definition) is 1. The Bertz CT molecular complexity index is 2020. The highest BCUT2D eigenvalue weighted by Gasteiger charge is 2.17. The molecule has 1 N–H and O–H groups in total. The van der Waals surface area contributed by atoms with Gasteiger partial charge in [0.25, 0.3) is 0 Å². The lowest BCUT2D eigenvalue weighted by molar-refractivity contribution is 0.412. The molecular weight excluding hydrogens is 534 g/mol. The molecule has 1 aromatic heterocycles. The van der Waals surface area contributed by atoms with E-state index in [0.717, 1.165) is 17.9 Å². The van der Waals surface area contributed by atoms with Crippen molar-refractivity contribution in [3.63, 3.8) is 0 Å². The quantitative estimate of drug-likeness (QED) is 0.215. The van der Waals surface area contributed by atoms with Gasteiger partial charge in [0, 0.05) is 39.6 Å². The molecule has 0 radical (unpaired) electrons. The summed E-state index contributed by atoms with van der Waals surface area (Å²) in [5.74, 6) is 0. The van der Waals surface area contributed by atoms with Gasteiger partial charge in [-0.15, -0.1) is 0 Å². The van der Waals surface area contributed by atoms with Crippen molar-refractivity contribution in [2.24, 2.45) is 0 Å². The Morgan fingerprint density at radius 2 is 1.14 bits per heavy atom. The van der Waals surface area contributed by atoms with E-state index in [1.165, 1.54) is 69.1 Å². The van der Waals surface area contributed by atoms with Gasteiger partial charge < -0.3 is 14.8 Å². The first kappa shape index (κ1) is 26.5. The molecule has 1 aliphatic heterocycles. The van der Waals surface area contributed by atoms with Crippen molar-refractivity contribution >= 4 is 38.9 Å². The van der Waals surface area contributed by atoms with Gasteiger partial charge in [-0.3, -0.25) is 0 Å². The monoisotopic (exact) mass is 569 g/mol. The Labute approximate surface area is 259 Å². The number of benzene rings is 6. The van der Waals surface area contributed by atoms with Crippen LogP contribution in [-0.4, -0.2) is 11.1 Å². The van der Waals surface area contributed by atoms with Crippen LogP contribution in [0.25, 0.3) is 38.6 Å². The second kappa shape index (κ2) is 11.5. The zero-order chi connectivity index (χ0) is 29.3. The second-order valence-electron chi connectivity index (χ2n) is 11.7. The van der Waals surface area contributed by atoms with Crippen LogP contribution >= 0.6 is 0 Å². The summed E-state index contributed by atoms with van der Waals surface area (Å²) in [6.07, 6.45) is 3.78.